The first kappa shape index (κ1) is 33.2. The summed E-state index contributed by atoms with van der Waals surface area (Å²) in [5.74, 6) is -0.422. The summed E-state index contributed by atoms with van der Waals surface area (Å²) in [4.78, 5) is 39.2. The molecule has 246 valence electrons. The predicted molar refractivity (Wildman–Crippen MR) is 158 cm³/mol. The molecular weight excluding hydrogens is 614 g/mol. The number of Topliss-reactive ketones (excluding diaryl/α,β-unsaturated/α-hetero) is 1. The molecular formula is C33H34F6N4O3. The number of aromatic nitrogens is 2. The number of hydrogen-bond acceptors (Lipinski definition) is 6. The Kier molecular flexibility index (Phi) is 9.07. The maximum Gasteiger partial charge on any atom is 0.416 e. The smallest absolute Gasteiger partial charge is 0.416 e. The first-order chi connectivity index (χ1) is 21.5. The maximum absolute atomic E-state index is 14.2. The third-order valence-electron chi connectivity index (χ3n) is 8.59. The van der Waals surface area contributed by atoms with Crippen LogP contribution in [0.15, 0.2) is 42.5 Å². The number of rotatable bonds is 5. The van der Waals surface area contributed by atoms with Crippen LogP contribution in [0.25, 0.3) is 11.3 Å². The van der Waals surface area contributed by atoms with Gasteiger partial charge in [-0.1, -0.05) is 38.1 Å². The molecule has 2 aliphatic heterocycles. The highest BCUT2D eigenvalue weighted by Gasteiger charge is 2.39. The zero-order chi connectivity index (χ0) is 33.6. The van der Waals surface area contributed by atoms with Crippen molar-refractivity contribution in [1.82, 2.24) is 14.9 Å². The van der Waals surface area contributed by atoms with Crippen molar-refractivity contribution < 1.29 is 40.7 Å². The van der Waals surface area contributed by atoms with Crippen LogP contribution in [0, 0.1) is 24.7 Å². The Morgan fingerprint density at radius 3 is 2.13 bits per heavy atom. The Hall–Kier alpha value is -4.16. The van der Waals surface area contributed by atoms with E-state index in [1.807, 2.05) is 37.8 Å². The largest absolute Gasteiger partial charge is 0.477 e. The predicted octanol–water partition coefficient (Wildman–Crippen LogP) is 7.21. The Morgan fingerprint density at radius 2 is 1.57 bits per heavy atom. The number of fused-ring (bicyclic) bond motifs is 1. The lowest BCUT2D eigenvalue weighted by Gasteiger charge is -2.40. The molecule has 1 saturated heterocycles. The van der Waals surface area contributed by atoms with Crippen LogP contribution in [0.3, 0.4) is 0 Å². The lowest BCUT2D eigenvalue weighted by atomic mass is 9.77. The highest BCUT2D eigenvalue weighted by Crippen LogP contribution is 2.39. The third-order valence-corrected chi connectivity index (χ3v) is 8.59. The van der Waals surface area contributed by atoms with Crippen molar-refractivity contribution in [2.75, 3.05) is 31.1 Å². The number of ketones is 1. The number of benzene rings is 2. The minimum atomic E-state index is -5.02. The molecule has 0 bridgehead atoms. The normalized spacial score (nSPS) is 20.9. The minimum absolute atomic E-state index is 0.000800. The monoisotopic (exact) mass is 648 g/mol. The molecule has 2 aliphatic rings. The molecule has 0 spiro atoms. The zero-order valence-electron chi connectivity index (χ0n) is 25.8. The molecule has 0 saturated carbocycles. The Morgan fingerprint density at radius 1 is 0.957 bits per heavy atom. The molecule has 1 amide bonds. The molecule has 13 heteroatoms. The Balaban J connectivity index is 1.60. The minimum Gasteiger partial charge on any atom is -0.477 e. The van der Waals surface area contributed by atoms with Gasteiger partial charge in [0.2, 0.25) is 11.8 Å². The molecule has 2 atom stereocenters. The number of nitrogens with zero attached hydrogens (tertiary/aromatic N) is 4. The van der Waals surface area contributed by atoms with E-state index in [0.29, 0.717) is 36.7 Å². The Bertz CT molecular complexity index is 1600. The fourth-order valence-corrected chi connectivity index (χ4v) is 6.59. The van der Waals surface area contributed by atoms with Gasteiger partial charge in [0.05, 0.1) is 23.4 Å². The van der Waals surface area contributed by atoms with Crippen molar-refractivity contribution in [3.05, 3.63) is 70.3 Å². The molecule has 5 rings (SSSR count). The van der Waals surface area contributed by atoms with Crippen LogP contribution >= 0.6 is 0 Å². The molecule has 0 aliphatic carbocycles. The quantitative estimate of drug-likeness (QED) is 0.272. The molecule has 0 N–H and O–H groups in total. The van der Waals surface area contributed by atoms with Crippen molar-refractivity contribution in [3.63, 3.8) is 0 Å². The second kappa shape index (κ2) is 12.6. The van der Waals surface area contributed by atoms with E-state index < -0.39 is 35.9 Å². The molecule has 46 heavy (non-hydrogen) atoms. The number of halogens is 6. The molecule has 2 aromatic carbocycles. The highest BCUT2D eigenvalue weighted by molar-refractivity contribution is 6.02. The van der Waals surface area contributed by atoms with Gasteiger partial charge in [-0.15, -0.1) is 0 Å². The standard InChI is InChI=1S/C33H34F6N4O3/c1-18-8-5-6-9-25(18)28-27-29(41-31(40-28)43-15-19(2)26(21(4)44)20(3)16-43)46-11-7-10-42(30(27)45)17-22-12-23(32(34,35)36)14-24(13-22)33(37,38)39/h5-6,8-9,12-14,19-20,26H,7,10-11,15-17H2,1-4H3. The van der Waals surface area contributed by atoms with E-state index in [4.69, 9.17) is 9.72 Å². The summed E-state index contributed by atoms with van der Waals surface area (Å²) in [6.45, 7) is 7.96. The summed E-state index contributed by atoms with van der Waals surface area (Å²) in [5, 5.41) is 0. The van der Waals surface area contributed by atoms with Crippen LogP contribution in [0.4, 0.5) is 32.3 Å². The number of anilines is 1. The van der Waals surface area contributed by atoms with Gasteiger partial charge in [0.1, 0.15) is 11.3 Å². The second-order valence-corrected chi connectivity index (χ2v) is 12.2. The van der Waals surface area contributed by atoms with Crippen molar-refractivity contribution >= 4 is 17.6 Å². The number of amides is 1. The van der Waals surface area contributed by atoms with E-state index in [1.165, 1.54) is 4.90 Å². The topological polar surface area (TPSA) is 75.6 Å². The van der Waals surface area contributed by atoms with Gasteiger partial charge in [-0.2, -0.15) is 31.3 Å². The van der Waals surface area contributed by atoms with Crippen molar-refractivity contribution in [2.45, 2.75) is 53.0 Å². The average Bonchev–Trinajstić information content (AvgIpc) is 2.95. The van der Waals surface area contributed by atoms with Crippen LogP contribution in [0.5, 0.6) is 5.88 Å². The van der Waals surface area contributed by atoms with Gasteiger partial charge in [0.25, 0.3) is 5.91 Å². The lowest BCUT2D eigenvalue weighted by Crippen LogP contribution is -2.47. The number of carbonyl (C=O) groups is 2. The molecule has 0 radical (unpaired) electrons. The number of carbonyl (C=O) groups excluding carboxylic acids is 2. The van der Waals surface area contributed by atoms with E-state index in [9.17, 15) is 35.9 Å². The molecule has 3 aromatic rings. The maximum atomic E-state index is 14.2. The summed E-state index contributed by atoms with van der Waals surface area (Å²) in [5.41, 5.74) is -1.63. The van der Waals surface area contributed by atoms with Crippen LogP contribution in [-0.2, 0) is 23.7 Å². The number of hydrogen-bond donors (Lipinski definition) is 0. The van der Waals surface area contributed by atoms with Crippen LogP contribution in [0.2, 0.25) is 0 Å². The van der Waals surface area contributed by atoms with Gasteiger partial charge >= 0.3 is 12.4 Å². The first-order valence-corrected chi connectivity index (χ1v) is 15.0. The number of aryl methyl sites for hydroxylation is 1. The molecule has 1 fully saturated rings. The summed E-state index contributed by atoms with van der Waals surface area (Å²) < 4.78 is 87.5. The van der Waals surface area contributed by atoms with E-state index in [0.717, 1.165) is 5.56 Å². The van der Waals surface area contributed by atoms with E-state index in [-0.39, 0.29) is 71.9 Å². The van der Waals surface area contributed by atoms with Crippen molar-refractivity contribution in [2.24, 2.45) is 17.8 Å². The van der Waals surface area contributed by atoms with Crippen molar-refractivity contribution in [1.29, 1.82) is 0 Å². The van der Waals surface area contributed by atoms with Gasteiger partial charge in [0, 0.05) is 37.7 Å². The van der Waals surface area contributed by atoms with Crippen molar-refractivity contribution in [3.8, 4) is 17.1 Å². The summed E-state index contributed by atoms with van der Waals surface area (Å²) in [6, 6.07) is 8.52. The lowest BCUT2D eigenvalue weighted by molar-refractivity contribution is -0.143. The molecule has 1 aromatic heterocycles. The van der Waals surface area contributed by atoms with Gasteiger partial charge in [-0.05, 0) is 61.4 Å². The van der Waals surface area contributed by atoms with Gasteiger partial charge in [-0.3, -0.25) is 9.59 Å². The van der Waals surface area contributed by atoms with E-state index in [1.54, 1.807) is 19.1 Å². The number of alkyl halides is 6. The first-order valence-electron chi connectivity index (χ1n) is 15.0. The fourth-order valence-electron chi connectivity index (χ4n) is 6.59. The van der Waals surface area contributed by atoms with Gasteiger partial charge in [0.15, 0.2) is 0 Å². The molecule has 7 nitrogen and oxygen atoms in total. The SMILES string of the molecule is CC(=O)C1C(C)CN(c2nc3c(c(-c4ccccc4C)n2)C(=O)N(Cc2cc(C(F)(F)F)cc(C(F)(F)F)c2)CCCO3)CC1C. The Labute approximate surface area is 262 Å². The van der Waals surface area contributed by atoms with E-state index >= 15 is 0 Å². The zero-order valence-corrected chi connectivity index (χ0v) is 25.8. The molecule has 3 heterocycles. The third kappa shape index (κ3) is 6.82. The fraction of sp³-hybridized carbons (Fsp3) is 0.455. The summed E-state index contributed by atoms with van der Waals surface area (Å²) in [6.07, 6.45) is -9.78. The molecule has 2 unspecified atom stereocenters. The van der Waals surface area contributed by atoms with Crippen LogP contribution in [-0.4, -0.2) is 52.8 Å². The average molecular weight is 649 g/mol. The van der Waals surface area contributed by atoms with Crippen LogP contribution in [0.1, 0.15) is 59.8 Å². The summed E-state index contributed by atoms with van der Waals surface area (Å²) >= 11 is 0. The van der Waals surface area contributed by atoms with Gasteiger partial charge in [-0.25, -0.2) is 4.98 Å². The van der Waals surface area contributed by atoms with E-state index in [2.05, 4.69) is 4.98 Å². The number of piperidine rings is 1. The van der Waals surface area contributed by atoms with Gasteiger partial charge < -0.3 is 14.5 Å². The van der Waals surface area contributed by atoms with Crippen LogP contribution < -0.4 is 9.64 Å². The highest BCUT2D eigenvalue weighted by atomic mass is 19.4. The number of ether oxygens (including phenoxy) is 1. The summed E-state index contributed by atoms with van der Waals surface area (Å²) in [7, 11) is 0. The second-order valence-electron chi connectivity index (χ2n) is 12.2.